The molecule has 1 aromatic rings. The zero-order valence-corrected chi connectivity index (χ0v) is 14.6. The van der Waals surface area contributed by atoms with Crippen LogP contribution in [0.4, 0.5) is 4.79 Å². The molecule has 0 spiro atoms. The van der Waals surface area contributed by atoms with Gasteiger partial charge in [0.2, 0.25) is 5.28 Å². The van der Waals surface area contributed by atoms with Crippen LogP contribution in [0.2, 0.25) is 5.28 Å². The van der Waals surface area contributed by atoms with Gasteiger partial charge >= 0.3 is 6.09 Å². The average molecular weight is 339 g/mol. The second-order valence-electron chi connectivity index (χ2n) is 7.34. The molecule has 2 saturated heterocycles. The first-order valence-corrected chi connectivity index (χ1v) is 8.38. The van der Waals surface area contributed by atoms with Crippen LogP contribution in [0.3, 0.4) is 0 Å². The third-order valence-corrected chi connectivity index (χ3v) is 4.53. The lowest BCUT2D eigenvalue weighted by Crippen LogP contribution is -2.42. The second-order valence-corrected chi connectivity index (χ2v) is 7.68. The molecule has 7 heteroatoms. The maximum Gasteiger partial charge on any atom is 0.410 e. The predicted octanol–water partition coefficient (Wildman–Crippen LogP) is 2.57. The summed E-state index contributed by atoms with van der Waals surface area (Å²) in [6.07, 6.45) is 4.36. The number of aromatic nitrogens is 2. The van der Waals surface area contributed by atoms with Crippen LogP contribution in [-0.4, -0.2) is 57.1 Å². The van der Waals surface area contributed by atoms with Gasteiger partial charge < -0.3 is 9.64 Å². The highest BCUT2D eigenvalue weighted by Crippen LogP contribution is 2.33. The Morgan fingerprint density at radius 1 is 1.35 bits per heavy atom. The summed E-state index contributed by atoms with van der Waals surface area (Å²) >= 11 is 5.72. The van der Waals surface area contributed by atoms with Crippen molar-refractivity contribution in [3.63, 3.8) is 0 Å². The van der Waals surface area contributed by atoms with Crippen molar-refractivity contribution >= 4 is 17.7 Å². The Kier molecular flexibility index (Phi) is 4.47. The first-order chi connectivity index (χ1) is 10.8. The van der Waals surface area contributed by atoms with Crippen molar-refractivity contribution in [3.05, 3.63) is 23.2 Å². The van der Waals surface area contributed by atoms with Crippen molar-refractivity contribution in [1.82, 2.24) is 19.8 Å². The van der Waals surface area contributed by atoms with Gasteiger partial charge in [0.25, 0.3) is 0 Å². The lowest BCUT2D eigenvalue weighted by molar-refractivity contribution is 0.0217. The number of carbonyl (C=O) groups excluding carboxylic acids is 1. The summed E-state index contributed by atoms with van der Waals surface area (Å²) in [7, 11) is 0. The molecule has 0 unspecified atom stereocenters. The van der Waals surface area contributed by atoms with E-state index in [0.717, 1.165) is 38.2 Å². The van der Waals surface area contributed by atoms with Crippen LogP contribution in [0.5, 0.6) is 0 Å². The lowest BCUT2D eigenvalue weighted by atomic mass is 10.1. The number of hydrogen-bond donors (Lipinski definition) is 0. The maximum absolute atomic E-state index is 12.4. The zero-order chi connectivity index (χ0) is 16.6. The smallest absolute Gasteiger partial charge is 0.410 e. The van der Waals surface area contributed by atoms with Gasteiger partial charge in [0, 0.05) is 44.1 Å². The average Bonchev–Trinajstić information content (AvgIpc) is 2.98. The number of likely N-dealkylation sites (tertiary alicyclic amines) is 2. The molecule has 3 heterocycles. The molecule has 0 saturated carbocycles. The zero-order valence-electron chi connectivity index (χ0n) is 13.8. The normalized spacial score (nSPS) is 24.8. The van der Waals surface area contributed by atoms with E-state index in [4.69, 9.17) is 16.3 Å². The van der Waals surface area contributed by atoms with Crippen LogP contribution in [0.15, 0.2) is 12.4 Å². The van der Waals surface area contributed by atoms with E-state index in [-0.39, 0.29) is 17.4 Å². The number of rotatable bonds is 2. The van der Waals surface area contributed by atoms with Crippen molar-refractivity contribution in [1.29, 1.82) is 0 Å². The van der Waals surface area contributed by atoms with Gasteiger partial charge in [-0.1, -0.05) is 0 Å². The number of nitrogens with zero attached hydrogens (tertiary/aromatic N) is 4. The lowest BCUT2D eigenvalue weighted by Gasteiger charge is -2.28. The standard InChI is InChI=1S/C16H23ClN4O2/c1-16(2,3)23-15(22)21-5-4-12-9-20(10-13(12)21)8-11-6-18-14(17)19-7-11/h6-7,12-13H,4-5,8-10H2,1-3H3/t12-,13+/m0/s1. The summed E-state index contributed by atoms with van der Waals surface area (Å²) in [5.74, 6) is 0.524. The SMILES string of the molecule is CC(C)(C)OC(=O)N1CC[C@H]2CN(Cc3cnc(Cl)nc3)C[C@H]21. The maximum atomic E-state index is 12.4. The van der Waals surface area contributed by atoms with E-state index < -0.39 is 5.60 Å². The summed E-state index contributed by atoms with van der Waals surface area (Å²) in [4.78, 5) is 24.6. The molecule has 126 valence electrons. The Labute approximate surface area is 141 Å². The van der Waals surface area contributed by atoms with E-state index >= 15 is 0 Å². The Morgan fingerprint density at radius 2 is 2.04 bits per heavy atom. The Bertz CT molecular complexity index is 572. The van der Waals surface area contributed by atoms with Crippen LogP contribution in [-0.2, 0) is 11.3 Å². The third kappa shape index (κ3) is 3.93. The van der Waals surface area contributed by atoms with Gasteiger partial charge in [-0.15, -0.1) is 0 Å². The molecule has 1 amide bonds. The highest BCUT2D eigenvalue weighted by molar-refractivity contribution is 6.28. The number of carbonyl (C=O) groups is 1. The molecule has 2 aliphatic heterocycles. The minimum Gasteiger partial charge on any atom is -0.444 e. The summed E-state index contributed by atoms with van der Waals surface area (Å²) in [5, 5.41) is 0.267. The number of amides is 1. The van der Waals surface area contributed by atoms with Gasteiger partial charge in [-0.25, -0.2) is 14.8 Å². The minimum absolute atomic E-state index is 0.193. The van der Waals surface area contributed by atoms with Gasteiger partial charge in [0.15, 0.2) is 0 Å². The highest BCUT2D eigenvalue weighted by atomic mass is 35.5. The van der Waals surface area contributed by atoms with E-state index in [1.807, 2.05) is 25.7 Å². The van der Waals surface area contributed by atoms with Crippen LogP contribution in [0.25, 0.3) is 0 Å². The fraction of sp³-hybridized carbons (Fsp3) is 0.688. The molecule has 2 fully saturated rings. The fourth-order valence-electron chi connectivity index (χ4n) is 3.40. The van der Waals surface area contributed by atoms with E-state index in [9.17, 15) is 4.79 Å². The summed E-state index contributed by atoms with van der Waals surface area (Å²) in [6.45, 7) is 9.15. The molecule has 0 N–H and O–H groups in total. The number of ether oxygens (including phenoxy) is 1. The molecular weight excluding hydrogens is 316 g/mol. The molecule has 0 radical (unpaired) electrons. The van der Waals surface area contributed by atoms with Gasteiger partial charge in [-0.3, -0.25) is 4.90 Å². The molecule has 2 aliphatic rings. The monoisotopic (exact) mass is 338 g/mol. The van der Waals surface area contributed by atoms with Crippen LogP contribution in [0, 0.1) is 5.92 Å². The van der Waals surface area contributed by atoms with Crippen LogP contribution < -0.4 is 0 Å². The van der Waals surface area contributed by atoms with Gasteiger partial charge in [-0.2, -0.15) is 0 Å². The van der Waals surface area contributed by atoms with Crippen LogP contribution >= 0.6 is 11.6 Å². The van der Waals surface area contributed by atoms with Gasteiger partial charge in [-0.05, 0) is 44.7 Å². The van der Waals surface area contributed by atoms with Crippen molar-refractivity contribution in [2.24, 2.45) is 5.92 Å². The van der Waals surface area contributed by atoms with Crippen molar-refractivity contribution in [3.8, 4) is 0 Å². The minimum atomic E-state index is -0.450. The first-order valence-electron chi connectivity index (χ1n) is 8.00. The molecule has 6 nitrogen and oxygen atoms in total. The molecule has 0 aliphatic carbocycles. The van der Waals surface area contributed by atoms with E-state index in [2.05, 4.69) is 14.9 Å². The number of hydrogen-bond acceptors (Lipinski definition) is 5. The molecule has 0 bridgehead atoms. The number of halogens is 1. The van der Waals surface area contributed by atoms with Crippen molar-refractivity contribution in [2.45, 2.75) is 45.4 Å². The van der Waals surface area contributed by atoms with E-state index in [1.165, 1.54) is 0 Å². The van der Waals surface area contributed by atoms with E-state index in [1.54, 1.807) is 12.4 Å². The molecule has 0 aromatic carbocycles. The summed E-state index contributed by atoms with van der Waals surface area (Å²) in [6, 6.07) is 0.248. The van der Waals surface area contributed by atoms with Crippen molar-refractivity contribution < 1.29 is 9.53 Å². The van der Waals surface area contributed by atoms with E-state index in [0.29, 0.717) is 5.92 Å². The topological polar surface area (TPSA) is 58.6 Å². The summed E-state index contributed by atoms with van der Waals surface area (Å²) in [5.41, 5.74) is 0.590. The third-order valence-electron chi connectivity index (χ3n) is 4.33. The quantitative estimate of drug-likeness (QED) is 0.776. The molecule has 23 heavy (non-hydrogen) atoms. The van der Waals surface area contributed by atoms with Crippen molar-refractivity contribution in [2.75, 3.05) is 19.6 Å². The Hall–Kier alpha value is -1.40. The van der Waals surface area contributed by atoms with Crippen LogP contribution in [0.1, 0.15) is 32.8 Å². The molecule has 2 atom stereocenters. The first kappa shape index (κ1) is 16.5. The largest absolute Gasteiger partial charge is 0.444 e. The van der Waals surface area contributed by atoms with Gasteiger partial charge in [0.1, 0.15) is 5.60 Å². The molecular formula is C16H23ClN4O2. The number of fused-ring (bicyclic) bond motifs is 1. The summed E-state index contributed by atoms with van der Waals surface area (Å²) < 4.78 is 5.53. The Balaban J connectivity index is 1.60. The predicted molar refractivity (Wildman–Crippen MR) is 87.2 cm³/mol. The highest BCUT2D eigenvalue weighted by Gasteiger charge is 2.44. The molecule has 3 rings (SSSR count). The fourth-order valence-corrected chi connectivity index (χ4v) is 3.50. The van der Waals surface area contributed by atoms with Gasteiger partial charge in [0.05, 0.1) is 6.04 Å². The molecule has 1 aromatic heterocycles. The Morgan fingerprint density at radius 3 is 2.70 bits per heavy atom. The second kappa shape index (κ2) is 6.24.